The molecule has 0 aliphatic carbocycles. The molecule has 34 heavy (non-hydrogen) atoms. The Kier molecular flexibility index (Phi) is 7.14. The highest BCUT2D eigenvalue weighted by Crippen LogP contribution is 2.31. The van der Waals surface area contributed by atoms with Crippen LogP contribution in [0.2, 0.25) is 5.15 Å². The summed E-state index contributed by atoms with van der Waals surface area (Å²) in [5, 5.41) is 8.83. The Bertz CT molecular complexity index is 1310. The van der Waals surface area contributed by atoms with Gasteiger partial charge in [0.05, 0.1) is 25.4 Å². The van der Waals surface area contributed by atoms with Gasteiger partial charge in [-0.2, -0.15) is 13.9 Å². The molecule has 10 heteroatoms. The van der Waals surface area contributed by atoms with Crippen LogP contribution in [0, 0.1) is 6.92 Å². The zero-order valence-electron chi connectivity index (χ0n) is 18.8. The molecule has 0 saturated heterocycles. The Morgan fingerprint density at radius 2 is 1.85 bits per heavy atom. The fourth-order valence-corrected chi connectivity index (χ4v) is 3.84. The highest BCUT2D eigenvalue weighted by atomic mass is 35.5. The molecule has 178 valence electrons. The van der Waals surface area contributed by atoms with Crippen LogP contribution in [0.25, 0.3) is 16.6 Å². The Hall–Kier alpha value is -3.43. The van der Waals surface area contributed by atoms with Gasteiger partial charge < -0.3 is 19.5 Å². The maximum Gasteiger partial charge on any atom is 0.387 e. The number of halogens is 3. The summed E-state index contributed by atoms with van der Waals surface area (Å²) in [6.45, 7) is -0.245. The number of ether oxygens (including phenoxy) is 3. The van der Waals surface area contributed by atoms with Crippen LogP contribution in [0.3, 0.4) is 0 Å². The molecule has 0 unspecified atom stereocenters. The topological polar surface area (TPSA) is 70.4 Å². The first-order chi connectivity index (χ1) is 16.4. The van der Waals surface area contributed by atoms with E-state index in [1.54, 1.807) is 44.7 Å². The fourth-order valence-electron chi connectivity index (χ4n) is 3.69. The zero-order chi connectivity index (χ0) is 24.2. The third kappa shape index (κ3) is 5.05. The van der Waals surface area contributed by atoms with Crippen LogP contribution < -0.4 is 19.5 Å². The summed E-state index contributed by atoms with van der Waals surface area (Å²) in [4.78, 5) is 4.08. The molecule has 7 nitrogen and oxygen atoms in total. The summed E-state index contributed by atoms with van der Waals surface area (Å²) in [5.41, 5.74) is 3.42. The van der Waals surface area contributed by atoms with Crippen LogP contribution in [0.1, 0.15) is 16.8 Å². The van der Waals surface area contributed by atoms with Crippen LogP contribution >= 0.6 is 11.6 Å². The second-order valence-electron chi connectivity index (χ2n) is 7.48. The van der Waals surface area contributed by atoms with Crippen LogP contribution in [0.15, 0.2) is 48.7 Å². The molecule has 0 bridgehead atoms. The van der Waals surface area contributed by atoms with E-state index < -0.39 is 6.61 Å². The van der Waals surface area contributed by atoms with E-state index in [2.05, 4.69) is 15.4 Å². The Balaban J connectivity index is 1.59. The SMILES string of the molecule is COc1ccc(CNCc2ccc(-n3nc(C)c4cnc(Cl)cc43)c(OC(F)F)c2)c(OC)c1. The number of methoxy groups -OCH3 is 2. The van der Waals surface area contributed by atoms with Gasteiger partial charge >= 0.3 is 6.61 Å². The first kappa shape index (κ1) is 23.7. The first-order valence-electron chi connectivity index (χ1n) is 10.4. The van der Waals surface area contributed by atoms with E-state index >= 15 is 0 Å². The lowest BCUT2D eigenvalue weighted by molar-refractivity contribution is -0.0499. The molecular formula is C24H23ClF2N4O3. The molecule has 1 N–H and O–H groups in total. The molecule has 0 aliphatic heterocycles. The first-order valence-corrected chi connectivity index (χ1v) is 10.8. The summed E-state index contributed by atoms with van der Waals surface area (Å²) in [6.07, 6.45) is 1.61. The molecule has 2 aromatic heterocycles. The number of pyridine rings is 1. The lowest BCUT2D eigenvalue weighted by atomic mass is 10.1. The van der Waals surface area contributed by atoms with E-state index in [0.29, 0.717) is 41.5 Å². The zero-order valence-corrected chi connectivity index (χ0v) is 19.6. The van der Waals surface area contributed by atoms with Gasteiger partial charge in [0.15, 0.2) is 5.75 Å². The lowest BCUT2D eigenvalue weighted by Gasteiger charge is -2.15. The minimum atomic E-state index is -2.99. The molecule has 0 atom stereocenters. The van der Waals surface area contributed by atoms with E-state index in [9.17, 15) is 8.78 Å². The number of hydrogen-bond donors (Lipinski definition) is 1. The van der Waals surface area contributed by atoms with Crippen LogP contribution in [0.5, 0.6) is 17.2 Å². The van der Waals surface area contributed by atoms with Gasteiger partial charge in [-0.15, -0.1) is 0 Å². The summed E-state index contributed by atoms with van der Waals surface area (Å²) in [7, 11) is 3.18. The van der Waals surface area contributed by atoms with Gasteiger partial charge in [-0.1, -0.05) is 23.7 Å². The molecule has 2 aromatic carbocycles. The number of nitrogens with zero attached hydrogens (tertiary/aromatic N) is 3. The monoisotopic (exact) mass is 488 g/mol. The molecule has 0 aliphatic rings. The van der Waals surface area contributed by atoms with Crippen molar-refractivity contribution in [3.8, 4) is 22.9 Å². The molecule has 4 aromatic rings. The van der Waals surface area contributed by atoms with Crippen molar-refractivity contribution >= 4 is 22.5 Å². The Labute approximate surface area is 200 Å². The van der Waals surface area contributed by atoms with Crippen molar-refractivity contribution in [2.75, 3.05) is 14.2 Å². The minimum absolute atomic E-state index is 0.00802. The van der Waals surface area contributed by atoms with Gasteiger partial charge in [-0.3, -0.25) is 0 Å². The van der Waals surface area contributed by atoms with E-state index in [4.69, 9.17) is 25.8 Å². The standard InChI is InChI=1S/C24H23ClF2N4O3/c1-14-18-13-29-23(25)10-20(18)31(30-14)19-7-4-15(8-22(19)34-24(26)27)11-28-12-16-5-6-17(32-2)9-21(16)33-3/h4-10,13,24,28H,11-12H2,1-3H3. The predicted octanol–water partition coefficient (Wildman–Crippen LogP) is 5.29. The number of fused-ring (bicyclic) bond motifs is 1. The number of alkyl halides is 2. The number of nitrogens with one attached hydrogen (secondary N) is 1. The van der Waals surface area contributed by atoms with Crippen molar-refractivity contribution in [1.29, 1.82) is 0 Å². The maximum atomic E-state index is 13.2. The van der Waals surface area contributed by atoms with Gasteiger partial charge in [0.2, 0.25) is 0 Å². The van der Waals surface area contributed by atoms with E-state index in [1.807, 2.05) is 25.1 Å². The summed E-state index contributed by atoms with van der Waals surface area (Å²) >= 11 is 6.06. The molecule has 0 saturated carbocycles. The third-order valence-electron chi connectivity index (χ3n) is 5.32. The minimum Gasteiger partial charge on any atom is -0.497 e. The smallest absolute Gasteiger partial charge is 0.387 e. The van der Waals surface area contributed by atoms with Gasteiger partial charge in [-0.25, -0.2) is 9.67 Å². The Morgan fingerprint density at radius 1 is 1.03 bits per heavy atom. The largest absolute Gasteiger partial charge is 0.497 e. The second-order valence-corrected chi connectivity index (χ2v) is 7.87. The van der Waals surface area contributed by atoms with Crippen LogP contribution in [-0.2, 0) is 13.1 Å². The number of aromatic nitrogens is 3. The molecule has 0 fully saturated rings. The number of aryl methyl sites for hydroxylation is 1. The van der Waals surface area contributed by atoms with Crippen LogP contribution in [0.4, 0.5) is 8.78 Å². The Morgan fingerprint density at radius 3 is 2.59 bits per heavy atom. The van der Waals surface area contributed by atoms with E-state index in [0.717, 1.165) is 16.5 Å². The summed E-state index contributed by atoms with van der Waals surface area (Å²) < 4.78 is 43.5. The van der Waals surface area contributed by atoms with E-state index in [-0.39, 0.29) is 10.9 Å². The van der Waals surface area contributed by atoms with Crippen molar-refractivity contribution in [2.24, 2.45) is 0 Å². The molecule has 0 spiro atoms. The lowest BCUT2D eigenvalue weighted by Crippen LogP contribution is -2.14. The number of rotatable bonds is 9. The van der Waals surface area contributed by atoms with Crippen LogP contribution in [-0.4, -0.2) is 35.6 Å². The van der Waals surface area contributed by atoms with Crippen molar-refractivity contribution in [3.63, 3.8) is 0 Å². The van der Waals surface area contributed by atoms with Crippen molar-refractivity contribution < 1.29 is 23.0 Å². The highest BCUT2D eigenvalue weighted by molar-refractivity contribution is 6.30. The van der Waals surface area contributed by atoms with Gasteiger partial charge in [0, 0.05) is 42.4 Å². The molecule has 2 heterocycles. The molecule has 0 radical (unpaired) electrons. The molecule has 0 amide bonds. The quantitative estimate of drug-likeness (QED) is 0.323. The second kappa shape index (κ2) is 10.2. The maximum absolute atomic E-state index is 13.2. The van der Waals surface area contributed by atoms with Gasteiger partial charge in [0.25, 0.3) is 0 Å². The van der Waals surface area contributed by atoms with Crippen molar-refractivity contribution in [1.82, 2.24) is 20.1 Å². The fraction of sp³-hybridized carbons (Fsp3) is 0.250. The summed E-state index contributed by atoms with van der Waals surface area (Å²) in [5.74, 6) is 1.40. The molecule has 4 rings (SSSR count). The predicted molar refractivity (Wildman–Crippen MR) is 125 cm³/mol. The third-order valence-corrected chi connectivity index (χ3v) is 5.53. The average Bonchev–Trinajstić information content (AvgIpc) is 3.14. The van der Waals surface area contributed by atoms with Gasteiger partial charge in [-0.05, 0) is 30.7 Å². The van der Waals surface area contributed by atoms with Crippen molar-refractivity contribution in [3.05, 3.63) is 70.6 Å². The summed E-state index contributed by atoms with van der Waals surface area (Å²) in [6, 6.07) is 12.3. The number of hydrogen-bond acceptors (Lipinski definition) is 6. The van der Waals surface area contributed by atoms with Crippen molar-refractivity contribution in [2.45, 2.75) is 26.6 Å². The normalized spacial score (nSPS) is 11.3. The highest BCUT2D eigenvalue weighted by Gasteiger charge is 2.17. The molecular weight excluding hydrogens is 466 g/mol. The van der Waals surface area contributed by atoms with E-state index in [1.165, 1.54) is 4.68 Å². The number of benzene rings is 2. The average molecular weight is 489 g/mol. The van der Waals surface area contributed by atoms with Gasteiger partial charge in [0.1, 0.15) is 22.3 Å².